The van der Waals surface area contributed by atoms with Gasteiger partial charge in [-0.15, -0.1) is 6.42 Å². The van der Waals surface area contributed by atoms with Crippen LogP contribution in [0.25, 0.3) is 10.9 Å². The van der Waals surface area contributed by atoms with Crippen molar-refractivity contribution >= 4 is 65.4 Å². The molecule has 486 valence electrons. The zero-order chi connectivity index (χ0) is 66.6. The number of aromatic hydroxyl groups is 2. The van der Waals surface area contributed by atoms with Crippen molar-refractivity contribution < 1.29 is 54.4 Å². The number of rotatable bonds is 24. The van der Waals surface area contributed by atoms with Crippen LogP contribution in [0, 0.1) is 35.9 Å². The number of aryl methyl sites for hydroxylation is 2. The normalized spacial score (nSPS) is 17.6. The van der Waals surface area contributed by atoms with Gasteiger partial charge in [0.15, 0.2) is 0 Å². The Hall–Kier alpha value is -8.13. The summed E-state index contributed by atoms with van der Waals surface area (Å²) in [6, 6.07) is 15.8. The molecule has 0 bridgehead atoms. The van der Waals surface area contributed by atoms with E-state index >= 15 is 0 Å². The number of carboxylic acids is 1. The minimum Gasteiger partial charge on any atom is -0.507 e. The lowest BCUT2D eigenvalue weighted by Gasteiger charge is -2.32. The number of phenolic OH excluding ortho intramolecular Hbond substituents is 2. The maximum absolute atomic E-state index is 13.9. The number of hydrogen-bond acceptors (Lipinski definition) is 12. The summed E-state index contributed by atoms with van der Waals surface area (Å²) in [6.07, 6.45) is 29.1. The van der Waals surface area contributed by atoms with E-state index in [4.69, 9.17) is 32.3 Å². The summed E-state index contributed by atoms with van der Waals surface area (Å²) >= 11 is 6.04. The fourth-order valence-electron chi connectivity index (χ4n) is 11.4. The van der Waals surface area contributed by atoms with E-state index in [9.17, 15) is 29.0 Å². The number of phenols is 2. The Morgan fingerprint density at radius 1 is 0.846 bits per heavy atom. The maximum Gasteiger partial charge on any atom is 0.384 e. The maximum atomic E-state index is 13.9. The van der Waals surface area contributed by atoms with Gasteiger partial charge in [-0.05, 0) is 188 Å². The minimum atomic E-state index is -1.07. The van der Waals surface area contributed by atoms with E-state index in [0.29, 0.717) is 82.9 Å². The summed E-state index contributed by atoms with van der Waals surface area (Å²) < 4.78 is 41.8. The number of aliphatic carboxylic acids is 1. The van der Waals surface area contributed by atoms with E-state index in [1.54, 1.807) is 18.9 Å². The number of anilines is 3. The second-order valence-electron chi connectivity index (χ2n) is 23.0. The number of ether oxygens (including phenoxy) is 4. The molecule has 1 amide bonds. The van der Waals surface area contributed by atoms with Crippen LogP contribution in [0.2, 0.25) is 11.8 Å². The third-order valence-corrected chi connectivity index (χ3v) is 16.3. The van der Waals surface area contributed by atoms with Gasteiger partial charge in [0, 0.05) is 66.3 Å². The molecule has 17 heteroatoms. The molecule has 2 heterocycles. The number of hydrogen-bond donors (Lipinski definition) is 5. The molecule has 5 atom stereocenters. The predicted octanol–water partition coefficient (Wildman–Crippen LogP) is 17.9. The first-order valence-corrected chi connectivity index (χ1v) is 31.3. The van der Waals surface area contributed by atoms with Crippen LogP contribution < -0.4 is 20.1 Å². The highest BCUT2D eigenvalue weighted by Crippen LogP contribution is 2.49. The first kappa shape index (κ1) is 73.6. The number of esters is 1. The zero-order valence-corrected chi connectivity index (χ0v) is 54.0. The number of aromatic nitrogens is 2. The van der Waals surface area contributed by atoms with E-state index in [1.165, 1.54) is 48.2 Å². The predicted molar refractivity (Wildman–Crippen MR) is 367 cm³/mol. The van der Waals surface area contributed by atoms with Crippen molar-refractivity contribution in [2.45, 2.75) is 164 Å². The summed E-state index contributed by atoms with van der Waals surface area (Å²) in [5.74, 6) is 1.71. The molecule has 3 aliphatic rings. The summed E-state index contributed by atoms with van der Waals surface area (Å²) in [4.78, 5) is 43.3. The highest BCUT2D eigenvalue weighted by Gasteiger charge is 2.32. The molecule has 0 spiro atoms. The average Bonchev–Trinajstić information content (AvgIpc) is 0.871. The molecular formula is C74H93BClFN4O10. The average molecular weight is 1260 g/mol. The van der Waals surface area contributed by atoms with Crippen molar-refractivity contribution in [3.05, 3.63) is 172 Å². The Kier molecular flexibility index (Phi) is 31.2. The molecule has 2 aliphatic carbocycles. The summed E-state index contributed by atoms with van der Waals surface area (Å²) in [6.45, 7) is 24.4. The van der Waals surface area contributed by atoms with Gasteiger partial charge in [-0.2, -0.15) is 0 Å². The number of nitrogens with one attached hydrogen (secondary N) is 2. The lowest BCUT2D eigenvalue weighted by Crippen LogP contribution is -2.18. The third-order valence-electron chi connectivity index (χ3n) is 16.0. The molecule has 0 saturated carbocycles. The van der Waals surface area contributed by atoms with Gasteiger partial charge in [0.2, 0.25) is 0 Å². The van der Waals surface area contributed by atoms with Crippen molar-refractivity contribution in [3.63, 3.8) is 0 Å². The first-order valence-electron chi connectivity index (χ1n) is 31.6. The molecule has 14 nitrogen and oxygen atoms in total. The van der Waals surface area contributed by atoms with Crippen LogP contribution in [0.5, 0.6) is 23.0 Å². The highest BCUT2D eigenvalue weighted by atomic mass is 35.5. The fraction of sp³-hybridized carbons (Fsp3) is 0.419. The largest absolute Gasteiger partial charge is 0.507 e. The van der Waals surface area contributed by atoms with Gasteiger partial charge in [-0.1, -0.05) is 113 Å². The van der Waals surface area contributed by atoms with Crippen molar-refractivity contribution in [1.29, 1.82) is 0 Å². The number of carboxylic acid groups (broad SMARTS) is 1. The number of unbranched alkanes of at least 4 members (excludes halogenated alkanes) is 4. The van der Waals surface area contributed by atoms with Gasteiger partial charge in [0.25, 0.3) is 5.91 Å². The summed E-state index contributed by atoms with van der Waals surface area (Å²) in [7, 11) is 4.51. The zero-order valence-electron chi connectivity index (χ0n) is 54.3. The summed E-state index contributed by atoms with van der Waals surface area (Å²) in [5, 5.41) is 38.2. The molecule has 1 aromatic heterocycles. The van der Waals surface area contributed by atoms with Crippen LogP contribution in [0.15, 0.2) is 133 Å². The monoisotopic (exact) mass is 1260 g/mol. The molecule has 4 aromatic carbocycles. The van der Waals surface area contributed by atoms with E-state index in [2.05, 4.69) is 92.6 Å². The van der Waals surface area contributed by atoms with E-state index in [0.717, 1.165) is 117 Å². The number of allylic oxidation sites excluding steroid dienone is 6. The first-order chi connectivity index (χ1) is 43.6. The molecule has 2 radical (unpaired) electrons. The minimum absolute atomic E-state index is 0. The Bertz CT molecular complexity index is 3480. The lowest BCUT2D eigenvalue weighted by atomic mass is 9.73. The van der Waals surface area contributed by atoms with Gasteiger partial charge in [0.05, 0.1) is 43.6 Å². The van der Waals surface area contributed by atoms with Gasteiger partial charge in [0.1, 0.15) is 41.0 Å². The Labute approximate surface area is 547 Å². The molecule has 91 heavy (non-hydrogen) atoms. The van der Waals surface area contributed by atoms with Gasteiger partial charge in [-0.25, -0.2) is 23.9 Å². The molecular weight excluding hydrogens is 1170 g/mol. The van der Waals surface area contributed by atoms with Crippen LogP contribution in [0.4, 0.5) is 21.6 Å². The number of carbonyl (C=O) groups excluding carboxylic acids is 2. The SMILES string of the molecule is C.C#CC(=O)OCC.C=C(C)[C@@H]1CCC(C)=C[C@H]1c1c(O)cc(CCCCC)cc1O/C=C/C(=O)Nc1cc2c(Nc3ccc(F)c(Cl)c3)ncnc2cc1C[C@H]1CCOC1.C=C(C)[C@@H]1CCC(C)=C[C@H]1c1c(O)cc(CCCCC)cc1O/C=C/C(=O)O.[2H]C[B]. The second-order valence-corrected chi connectivity index (χ2v) is 23.4. The third kappa shape index (κ3) is 22.9. The number of benzene rings is 4. The van der Waals surface area contributed by atoms with Crippen molar-refractivity contribution in [3.8, 4) is 35.3 Å². The molecule has 5 aromatic rings. The Morgan fingerprint density at radius 3 is 1.88 bits per heavy atom. The highest BCUT2D eigenvalue weighted by molar-refractivity contribution is 6.31. The van der Waals surface area contributed by atoms with E-state index in [-0.39, 0.29) is 60.3 Å². The molecule has 8 rings (SSSR count). The van der Waals surface area contributed by atoms with Crippen LogP contribution in [-0.4, -0.2) is 70.8 Å². The Balaban J connectivity index is 0.000000386. The molecule has 1 fully saturated rings. The van der Waals surface area contributed by atoms with Crippen molar-refractivity contribution in [2.24, 2.45) is 17.8 Å². The standard InChI is InChI=1S/C43H48ClFN4O4.C24H32O4.C5H6O2.CH3B.CH4/c1-5-6-7-8-28-19-39(50)42(33-17-27(4)9-11-32(33)26(2)3)40(20-28)53-16-14-41(51)49-37-23-34-38(21-30(37)18-29-13-15-52-24-29)46-25-47-43(34)48-31-10-12-36(45)35(44)22-31;1-5-6-7-8-18-14-21(25)24(22(15-18)28-12-11-23(26)27)20-13-17(4)9-10-19(20)16(2)3;1-3-5(6)7-4-2;1-2;/h10,12,14,16-17,19-23,25,29,32-33,50H,2,5-9,11,13,15,18,24H2,1,3-4H3,(H,49,51)(H,46,47,48);11-15,19-20,25H,2,5-10H2,1,3-4H3,(H,26,27);1H,4H2,2H3;1H3;1H4/b16-14+;12-11+;;;/t29-,32+,33-;19-,20+;;;/m10.../s1/i;;;1D;. The van der Waals surface area contributed by atoms with Crippen LogP contribution in [0.1, 0.15) is 168 Å². The number of terminal acetylenes is 1. The fourth-order valence-corrected chi connectivity index (χ4v) is 11.6. The number of nitrogens with zero attached hydrogens (tertiary/aromatic N) is 2. The Morgan fingerprint density at radius 2 is 1.41 bits per heavy atom. The quantitative estimate of drug-likeness (QED) is 0.00572. The molecule has 1 aliphatic heterocycles. The van der Waals surface area contributed by atoms with Crippen LogP contribution >= 0.6 is 11.6 Å². The number of fused-ring (bicyclic) bond motifs is 1. The molecule has 0 unspecified atom stereocenters. The van der Waals surface area contributed by atoms with Crippen LogP contribution in [-0.2, 0) is 43.1 Å². The van der Waals surface area contributed by atoms with Crippen molar-refractivity contribution in [2.75, 3.05) is 30.5 Å². The smallest absolute Gasteiger partial charge is 0.384 e. The van der Waals surface area contributed by atoms with E-state index in [1.807, 2.05) is 50.2 Å². The number of amides is 1. The second kappa shape index (κ2) is 38.5. The number of carbonyl (C=O) groups is 3. The van der Waals surface area contributed by atoms with Crippen molar-refractivity contribution in [1.82, 2.24) is 9.97 Å². The summed E-state index contributed by atoms with van der Waals surface area (Å²) in [5.41, 5.74) is 10.9. The van der Waals surface area contributed by atoms with Gasteiger partial charge in [-0.3, -0.25) is 4.79 Å². The van der Waals surface area contributed by atoms with Gasteiger partial charge >= 0.3 is 11.9 Å². The van der Waals surface area contributed by atoms with Crippen LogP contribution in [0.3, 0.4) is 0 Å². The van der Waals surface area contributed by atoms with Gasteiger partial charge < -0.3 is 44.9 Å². The lowest BCUT2D eigenvalue weighted by molar-refractivity contribution is -0.136. The van der Waals surface area contributed by atoms with E-state index < -0.39 is 17.8 Å². The number of halogens is 2. The molecule has 1 saturated heterocycles. The molecule has 5 N–H and O–H groups in total. The topological polar surface area (TPSA) is 199 Å².